The zero-order valence-corrected chi connectivity index (χ0v) is 30.8. The summed E-state index contributed by atoms with van der Waals surface area (Å²) < 4.78 is 0. The van der Waals surface area contributed by atoms with Crippen molar-refractivity contribution in [2.75, 3.05) is 0 Å². The summed E-state index contributed by atoms with van der Waals surface area (Å²) in [6.07, 6.45) is 19.1. The smallest absolute Gasteiger partial charge is 0.0856 e. The summed E-state index contributed by atoms with van der Waals surface area (Å²) in [5.41, 5.74) is 3.17. The molecule has 4 aliphatic carbocycles. The summed E-state index contributed by atoms with van der Waals surface area (Å²) in [6.45, 7) is 36.7. The first kappa shape index (κ1) is 39.2. The van der Waals surface area contributed by atoms with Crippen LogP contribution >= 0.6 is 0 Å². The SMILES string of the molecule is CC1=CCCC1.C[C+](C)C.C[C+](C)C1(C)CCCC1C.C[C+]1CCCC(C)C1(C)C.C[C+]1CCCC1C(C)(C)C. The second-order valence-corrected chi connectivity index (χ2v) is 16.6. The van der Waals surface area contributed by atoms with Gasteiger partial charge in [-0.2, -0.15) is 0 Å². The predicted octanol–water partition coefficient (Wildman–Crippen LogP) is 14.0. The van der Waals surface area contributed by atoms with Gasteiger partial charge < -0.3 is 0 Å². The van der Waals surface area contributed by atoms with Gasteiger partial charge in [0.25, 0.3) is 0 Å². The highest BCUT2D eigenvalue weighted by Gasteiger charge is 2.46. The summed E-state index contributed by atoms with van der Waals surface area (Å²) in [7, 11) is 0. The average molecular weight is 557 g/mol. The maximum atomic E-state index is 2.42. The van der Waals surface area contributed by atoms with Gasteiger partial charge in [0.05, 0.1) is 85.0 Å². The van der Waals surface area contributed by atoms with Gasteiger partial charge in [-0.05, 0) is 91.9 Å². The lowest BCUT2D eigenvalue weighted by molar-refractivity contribution is 0.186. The maximum Gasteiger partial charge on any atom is 0.109 e. The quantitative estimate of drug-likeness (QED) is 0.222. The summed E-state index contributed by atoms with van der Waals surface area (Å²) >= 11 is 0. The monoisotopic (exact) mass is 557 g/mol. The molecule has 0 aromatic heterocycles. The minimum Gasteiger partial charge on any atom is -0.0856 e. The van der Waals surface area contributed by atoms with Gasteiger partial charge in [0.1, 0.15) is 16.7 Å². The summed E-state index contributed by atoms with van der Waals surface area (Å²) in [5, 5.41) is 0. The summed E-state index contributed by atoms with van der Waals surface area (Å²) in [4.78, 5) is 0. The molecule has 3 saturated carbocycles. The van der Waals surface area contributed by atoms with Crippen LogP contribution < -0.4 is 0 Å². The van der Waals surface area contributed by atoms with E-state index in [1.165, 1.54) is 83.0 Å². The first-order valence-corrected chi connectivity index (χ1v) is 17.1. The van der Waals surface area contributed by atoms with E-state index in [4.69, 9.17) is 0 Å². The molecule has 0 N–H and O–H groups in total. The Bertz CT molecular complexity index is 656. The van der Waals surface area contributed by atoms with Crippen molar-refractivity contribution < 1.29 is 0 Å². The third-order valence-electron chi connectivity index (χ3n) is 11.1. The van der Waals surface area contributed by atoms with Crippen LogP contribution in [-0.4, -0.2) is 0 Å². The van der Waals surface area contributed by atoms with Crippen LogP contribution in [0.3, 0.4) is 0 Å². The molecule has 0 heteroatoms. The van der Waals surface area contributed by atoms with Crippen molar-refractivity contribution in [3.63, 3.8) is 0 Å². The molecule has 0 aliphatic heterocycles. The zero-order valence-electron chi connectivity index (χ0n) is 30.8. The van der Waals surface area contributed by atoms with Gasteiger partial charge in [-0.15, -0.1) is 0 Å². The standard InChI is InChI=1S/3C10H19.C6H10.C4H9/c1-8-6-5-7-9(8)10(2,3)4;1-8-6-5-7-9(2)10(8,3)4;1-8(2)10(4)7-5-6-9(10)3;1-6-4-2-3-5-6;1-4(2)3/h9H,5-7H2,1-4H3;8H,5-7H2,1-4H3;9H,5-7H2,1-4H3;4H,2-3,5H2,1H3;1-3H3/q3*+1;;+1. The number of hydrogen-bond donors (Lipinski definition) is 0. The summed E-state index contributed by atoms with van der Waals surface area (Å²) in [5.74, 6) is 9.17. The highest BCUT2D eigenvalue weighted by Crippen LogP contribution is 2.49. The lowest BCUT2D eigenvalue weighted by atomic mass is 9.64. The molecule has 0 radical (unpaired) electrons. The minimum absolute atomic E-state index is 0.512. The highest BCUT2D eigenvalue weighted by atomic mass is 14.4. The molecule has 0 aromatic carbocycles. The molecule has 0 bridgehead atoms. The molecule has 0 spiro atoms. The topological polar surface area (TPSA) is 0 Å². The van der Waals surface area contributed by atoms with Crippen LogP contribution in [0, 0.1) is 57.7 Å². The molecule has 0 amide bonds. The van der Waals surface area contributed by atoms with E-state index < -0.39 is 0 Å². The van der Waals surface area contributed by atoms with Gasteiger partial charge in [-0.3, -0.25) is 0 Å². The molecule has 4 unspecified atom stereocenters. The van der Waals surface area contributed by atoms with E-state index in [0.717, 1.165) is 17.8 Å². The van der Waals surface area contributed by atoms with Gasteiger partial charge in [0, 0.05) is 17.3 Å². The molecule has 0 aromatic rings. The van der Waals surface area contributed by atoms with E-state index in [9.17, 15) is 0 Å². The first-order valence-electron chi connectivity index (χ1n) is 17.1. The molecular weight excluding hydrogens is 480 g/mol. The number of rotatable bonds is 1. The highest BCUT2D eigenvalue weighted by molar-refractivity contribution is 5.05. The molecule has 0 nitrogen and oxygen atoms in total. The number of hydrogen-bond acceptors (Lipinski definition) is 0. The molecule has 3 fully saturated rings. The Hall–Kier alpha value is -0.780. The lowest BCUT2D eigenvalue weighted by Gasteiger charge is -2.33. The van der Waals surface area contributed by atoms with E-state index in [-0.39, 0.29) is 0 Å². The van der Waals surface area contributed by atoms with E-state index in [0.29, 0.717) is 16.2 Å². The fourth-order valence-corrected chi connectivity index (χ4v) is 6.87. The van der Waals surface area contributed by atoms with E-state index in [1.54, 1.807) is 23.3 Å². The Morgan fingerprint density at radius 2 is 1.32 bits per heavy atom. The second kappa shape index (κ2) is 18.0. The Balaban J connectivity index is 0.000000491. The van der Waals surface area contributed by atoms with Crippen LogP contribution in [0.15, 0.2) is 11.6 Å². The van der Waals surface area contributed by atoms with Gasteiger partial charge in [-0.1, -0.05) is 46.3 Å². The van der Waals surface area contributed by atoms with Crippen LogP contribution in [-0.2, 0) is 0 Å². The fourth-order valence-electron chi connectivity index (χ4n) is 6.87. The largest absolute Gasteiger partial charge is 0.109 e. The average Bonchev–Trinajstić information content (AvgIpc) is 3.56. The van der Waals surface area contributed by atoms with Crippen LogP contribution in [0.5, 0.6) is 0 Å². The Labute approximate surface area is 256 Å². The van der Waals surface area contributed by atoms with Gasteiger partial charge >= 0.3 is 0 Å². The molecule has 232 valence electrons. The second-order valence-electron chi connectivity index (χ2n) is 16.6. The molecule has 4 atom stereocenters. The van der Waals surface area contributed by atoms with Crippen molar-refractivity contribution in [2.24, 2.45) is 34.0 Å². The molecular formula is C40H76+4. The van der Waals surface area contributed by atoms with Gasteiger partial charge in [0.15, 0.2) is 0 Å². The van der Waals surface area contributed by atoms with Crippen LogP contribution in [0.2, 0.25) is 0 Å². The van der Waals surface area contributed by atoms with Crippen molar-refractivity contribution in [3.05, 3.63) is 35.3 Å². The van der Waals surface area contributed by atoms with Crippen LogP contribution in [0.4, 0.5) is 0 Å². The normalized spacial score (nSPS) is 28.9. The van der Waals surface area contributed by atoms with E-state index in [2.05, 4.69) is 117 Å². The fraction of sp³-hybridized carbons (Fsp3) is 0.850. The van der Waals surface area contributed by atoms with Crippen LogP contribution in [0.1, 0.15) is 188 Å². The number of allylic oxidation sites excluding steroid dienone is 2. The van der Waals surface area contributed by atoms with E-state index in [1.807, 2.05) is 0 Å². The summed E-state index contributed by atoms with van der Waals surface area (Å²) in [6, 6.07) is 0. The predicted molar refractivity (Wildman–Crippen MR) is 185 cm³/mol. The van der Waals surface area contributed by atoms with Crippen molar-refractivity contribution >= 4 is 0 Å². The van der Waals surface area contributed by atoms with Gasteiger partial charge in [0.2, 0.25) is 0 Å². The van der Waals surface area contributed by atoms with Gasteiger partial charge in [-0.25, -0.2) is 0 Å². The van der Waals surface area contributed by atoms with Crippen molar-refractivity contribution in [3.8, 4) is 0 Å². The minimum atomic E-state index is 0.512. The van der Waals surface area contributed by atoms with Crippen molar-refractivity contribution in [2.45, 2.75) is 188 Å². The van der Waals surface area contributed by atoms with Crippen molar-refractivity contribution in [1.82, 2.24) is 0 Å². The zero-order chi connectivity index (χ0) is 31.3. The Morgan fingerprint density at radius 1 is 0.800 bits per heavy atom. The van der Waals surface area contributed by atoms with Crippen molar-refractivity contribution in [1.29, 1.82) is 0 Å². The molecule has 0 heterocycles. The Morgan fingerprint density at radius 3 is 1.55 bits per heavy atom. The molecule has 4 rings (SSSR count). The third kappa shape index (κ3) is 13.9. The maximum absolute atomic E-state index is 2.42. The first-order chi connectivity index (χ1) is 18.3. The van der Waals surface area contributed by atoms with E-state index >= 15 is 0 Å². The molecule has 4 aliphatic rings. The van der Waals surface area contributed by atoms with Crippen LogP contribution in [0.25, 0.3) is 0 Å². The lowest BCUT2D eigenvalue weighted by Crippen LogP contribution is -2.31. The third-order valence-corrected chi connectivity index (χ3v) is 11.1. The molecule has 0 saturated heterocycles. The molecule has 40 heavy (non-hydrogen) atoms. The Kier molecular flexibility index (Phi) is 17.7.